The van der Waals surface area contributed by atoms with E-state index in [0.717, 1.165) is 102 Å². The van der Waals surface area contributed by atoms with Gasteiger partial charge in [-0.05, 0) is 182 Å². The zero-order chi connectivity index (χ0) is 95.1. The van der Waals surface area contributed by atoms with Gasteiger partial charge in [0.2, 0.25) is 0 Å². The van der Waals surface area contributed by atoms with Crippen LogP contribution in [0, 0.1) is 43.3 Å². The van der Waals surface area contributed by atoms with Crippen molar-refractivity contribution in [2.24, 2.45) is 0 Å². The van der Waals surface area contributed by atoms with Crippen molar-refractivity contribution in [2.75, 3.05) is 0 Å². The normalized spacial score (nSPS) is 11.2. The average molecular weight is 2460 g/mol. The first-order valence-electron chi connectivity index (χ1n) is 45.9. The summed E-state index contributed by atoms with van der Waals surface area (Å²) in [7, 11) is -4.38. The number of aryl methyl sites for hydroxylation is 1. The molecule has 0 spiro atoms. The Hall–Kier alpha value is -12.6. The predicted octanol–water partition coefficient (Wildman–Crippen LogP) is 32.7. The minimum absolute atomic E-state index is 0. The van der Waals surface area contributed by atoms with Crippen molar-refractivity contribution in [1.82, 2.24) is 29.9 Å². The quantitative estimate of drug-likeness (QED) is 0.0691. The largest absolute Gasteiger partial charge is 0.477 e. The second kappa shape index (κ2) is 47.1. The number of fused-ring (bicyclic) bond motifs is 9. The van der Waals surface area contributed by atoms with E-state index in [1.54, 1.807) is 0 Å². The molecule has 0 saturated heterocycles. The summed E-state index contributed by atoms with van der Waals surface area (Å²) in [4.78, 5) is 27.4. The molecule has 0 amide bonds. The Morgan fingerprint density at radius 1 is 0.257 bits per heavy atom. The van der Waals surface area contributed by atoms with Crippen LogP contribution < -0.4 is 29.8 Å². The zero-order valence-corrected chi connectivity index (χ0v) is 92.8. The van der Waals surface area contributed by atoms with Crippen molar-refractivity contribution in [3.63, 3.8) is 0 Å². The molecule has 13 aromatic carbocycles. The number of hydrogen-bond acceptors (Lipinski definition) is 12. The van der Waals surface area contributed by atoms with Crippen LogP contribution in [0.5, 0.6) is 34.5 Å². The van der Waals surface area contributed by atoms with Gasteiger partial charge in [-0.15, -0.1) is 161 Å². The molecular formula is C122H104Ir3N6O3S3Si3-6. The topological polar surface area (TPSA) is 105 Å². The van der Waals surface area contributed by atoms with Crippen molar-refractivity contribution >= 4 is 134 Å². The van der Waals surface area contributed by atoms with Crippen LogP contribution in [-0.4, -0.2) is 54.1 Å². The Morgan fingerprint density at radius 2 is 0.557 bits per heavy atom. The predicted molar refractivity (Wildman–Crippen MR) is 587 cm³/mol. The van der Waals surface area contributed by atoms with Crippen molar-refractivity contribution in [3.05, 3.63) is 443 Å². The van der Waals surface area contributed by atoms with Crippen molar-refractivity contribution in [1.29, 1.82) is 0 Å². The summed E-state index contributed by atoms with van der Waals surface area (Å²) in [6, 6.07) is 140. The molecule has 0 fully saturated rings. The fourth-order valence-electron chi connectivity index (χ4n) is 16.2. The van der Waals surface area contributed by atoms with Gasteiger partial charge in [0.05, 0.1) is 24.2 Å². The molecule has 140 heavy (non-hydrogen) atoms. The van der Waals surface area contributed by atoms with Gasteiger partial charge in [-0.1, -0.05) is 296 Å². The average Bonchev–Trinajstić information content (AvgIpc) is 1.75. The van der Waals surface area contributed by atoms with Crippen LogP contribution in [0.15, 0.2) is 395 Å². The van der Waals surface area contributed by atoms with Gasteiger partial charge < -0.3 is 44.1 Å². The molecule has 22 rings (SSSR count). The van der Waals surface area contributed by atoms with E-state index in [1.807, 2.05) is 259 Å². The van der Waals surface area contributed by atoms with E-state index in [4.69, 9.17) is 24.2 Å². The Balaban J connectivity index is 0.000000134. The molecule has 0 aliphatic rings. The van der Waals surface area contributed by atoms with Gasteiger partial charge in [0.25, 0.3) is 0 Å². The molecule has 9 nitrogen and oxygen atoms in total. The molecule has 0 unspecified atom stereocenters. The molecule has 703 valence electrons. The third-order valence-corrected chi connectivity index (χ3v) is 32.6. The molecule has 18 heteroatoms. The van der Waals surface area contributed by atoms with Crippen molar-refractivity contribution in [2.45, 2.75) is 92.0 Å². The molecular weight excluding hydrogens is 2350 g/mol. The third kappa shape index (κ3) is 26.2. The number of para-hydroxylation sites is 3. The molecule has 0 bridgehead atoms. The fourth-order valence-corrected chi connectivity index (χ4v) is 24.5. The van der Waals surface area contributed by atoms with Crippen LogP contribution >= 0.6 is 34.0 Å². The molecule has 9 heterocycles. The van der Waals surface area contributed by atoms with E-state index in [2.05, 4.69) is 313 Å². The number of hydrogen-bond donors (Lipinski definition) is 0. The van der Waals surface area contributed by atoms with Crippen LogP contribution in [-0.2, 0) is 65.7 Å². The maximum Gasteiger partial charge on any atom is 0.124 e. The van der Waals surface area contributed by atoms with E-state index >= 15 is 0 Å². The summed E-state index contributed by atoms with van der Waals surface area (Å²) in [6.07, 6.45) is 11.6. The smallest absolute Gasteiger partial charge is 0.124 e. The molecule has 22 aromatic rings. The van der Waals surface area contributed by atoms with E-state index in [-0.39, 0.29) is 65.7 Å². The van der Waals surface area contributed by atoms with Gasteiger partial charge in [-0.2, -0.15) is 34.0 Å². The van der Waals surface area contributed by atoms with Crippen LogP contribution in [0.25, 0.3) is 139 Å². The SMILES string of the molecule is CC(C)(C)c1cc(-c2[c-]ccc(Oc3ccccc3)c2)ncc1[Si](C)(C)C.C[Si](C)(C)c1cnc(-c2[c-]ccc(Oc3ccccc3)c2)cc1-c1ccccc1.Cc1cc(-c2[c-]ccc(Oc3ccccc3)c2)ncc1[Si](C)(C)C.[Ir].[Ir].[Ir].[c-]1cc2c(cc1-c1ccccn1)sc1ccccc12.[c-]1cc2c(cc1-c1ccccn1)sc1ccccc12.[c-]1cc2c(cc1-c1ccccn1)sc1ccccc12. The Kier molecular flexibility index (Phi) is 34.8. The molecule has 0 atom stereocenters. The Bertz CT molecular complexity index is 7520. The van der Waals surface area contributed by atoms with E-state index in [1.165, 1.54) is 98.3 Å². The minimum Gasteiger partial charge on any atom is -0.477 e. The number of thiophene rings is 3. The van der Waals surface area contributed by atoms with Crippen LogP contribution in [0.3, 0.4) is 0 Å². The summed E-state index contributed by atoms with van der Waals surface area (Å²) in [5.41, 5.74) is 17.0. The van der Waals surface area contributed by atoms with Gasteiger partial charge in [-0.3, -0.25) is 0 Å². The number of benzene rings is 13. The second-order valence-electron chi connectivity index (χ2n) is 37.4. The first-order chi connectivity index (χ1) is 66.3. The van der Waals surface area contributed by atoms with E-state index in [9.17, 15) is 0 Å². The Morgan fingerprint density at radius 3 is 0.886 bits per heavy atom. The third-order valence-electron chi connectivity index (χ3n) is 23.1. The van der Waals surface area contributed by atoms with Crippen molar-refractivity contribution in [3.8, 4) is 113 Å². The van der Waals surface area contributed by atoms with Crippen LogP contribution in [0.2, 0.25) is 58.9 Å². The standard InChI is InChI=1S/C26H24NOSi.C24H28NOSi.C21H22NOSi.3C17H10NS.3Ir/c1-29(2,3)26-19-27-25(18-24(26)20-11-6-4-7-12-20)21-13-10-16-23(17-21)28-22-14-8-5-9-15-22;1-24(2,3)21-16-22(25-17-23(21)27(4,5)6)18-11-10-14-20(15-18)26-19-12-8-7-9-13-19;1-16-13-20(22-15-21(16)24(2,3)4)17-9-8-12-19(14-17)23-18-10-6-5-7-11-18;3*1-2-7-16-13(5-1)14-9-8-12(11-17(14)19-16)15-6-3-4-10-18-15;;;/h4-12,14-19H,1-3H3;7-10,12-17H,1-6H3;5-8,10-15H,1-4H3;3*1-7,9-11H;;;/q6*-1;;;. The van der Waals surface area contributed by atoms with Crippen LogP contribution in [0.4, 0.5) is 0 Å². The summed E-state index contributed by atoms with van der Waals surface area (Å²) in [5.74, 6) is 4.84. The number of rotatable bonds is 16. The minimum atomic E-state index is -1.54. The Labute approximate surface area is 878 Å². The number of ether oxygens (including phenoxy) is 3. The zero-order valence-electron chi connectivity index (χ0n) is 80.2. The monoisotopic (exact) mass is 2460 g/mol. The summed E-state index contributed by atoms with van der Waals surface area (Å²) in [5, 5.41) is 12.0. The van der Waals surface area contributed by atoms with Gasteiger partial charge in [-0.25, -0.2) is 0 Å². The molecule has 0 aliphatic heterocycles. The van der Waals surface area contributed by atoms with Gasteiger partial charge in [0.15, 0.2) is 0 Å². The van der Waals surface area contributed by atoms with E-state index in [0.29, 0.717) is 0 Å². The van der Waals surface area contributed by atoms with Gasteiger partial charge in [0.1, 0.15) is 17.2 Å². The maximum absolute atomic E-state index is 5.99. The molecule has 0 saturated carbocycles. The number of nitrogens with zero attached hydrogens (tertiary/aromatic N) is 6. The summed E-state index contributed by atoms with van der Waals surface area (Å²) < 4.78 is 25.7. The maximum atomic E-state index is 5.99. The van der Waals surface area contributed by atoms with Gasteiger partial charge in [0, 0.05) is 129 Å². The van der Waals surface area contributed by atoms with Crippen LogP contribution in [0.1, 0.15) is 31.9 Å². The van der Waals surface area contributed by atoms with E-state index < -0.39 is 24.2 Å². The molecule has 0 aliphatic carbocycles. The van der Waals surface area contributed by atoms with Gasteiger partial charge >= 0.3 is 0 Å². The number of aromatic nitrogens is 6. The molecule has 0 N–H and O–H groups in total. The first-order valence-corrected chi connectivity index (χ1v) is 58.8. The number of pyridine rings is 6. The fraction of sp³-hybridized carbons (Fsp3) is 0.115. The molecule has 3 radical (unpaired) electrons. The second-order valence-corrected chi connectivity index (χ2v) is 55.7. The first kappa shape index (κ1) is 103. The molecule has 9 aromatic heterocycles. The van der Waals surface area contributed by atoms with Crippen molar-refractivity contribution < 1.29 is 74.5 Å². The summed E-state index contributed by atoms with van der Waals surface area (Å²) in [6.45, 7) is 30.2. The summed E-state index contributed by atoms with van der Waals surface area (Å²) >= 11 is 5.47.